The summed E-state index contributed by atoms with van der Waals surface area (Å²) in [7, 11) is 0. The fourth-order valence-electron chi connectivity index (χ4n) is 1.61. The molecule has 0 saturated heterocycles. The van der Waals surface area contributed by atoms with Crippen molar-refractivity contribution in [3.05, 3.63) is 34.4 Å². The summed E-state index contributed by atoms with van der Waals surface area (Å²) in [5, 5.41) is 8.75. The van der Waals surface area contributed by atoms with Gasteiger partial charge in [0, 0.05) is 5.56 Å². The number of hydrogen-bond donors (Lipinski definition) is 0. The smallest absolute Gasteiger partial charge is 0.295 e. The highest BCUT2D eigenvalue weighted by molar-refractivity contribution is 5.94. The van der Waals surface area contributed by atoms with Crippen LogP contribution in [0.25, 0.3) is 0 Å². The van der Waals surface area contributed by atoms with Crippen molar-refractivity contribution >= 4 is 5.78 Å². The molecule has 17 heavy (non-hydrogen) atoms. The lowest BCUT2D eigenvalue weighted by Crippen LogP contribution is -2.13. The van der Waals surface area contributed by atoms with E-state index in [-0.39, 0.29) is 23.3 Å². The number of nitriles is 1. The fourth-order valence-corrected chi connectivity index (χ4v) is 1.61. The van der Waals surface area contributed by atoms with Crippen molar-refractivity contribution in [3.63, 3.8) is 0 Å². The Kier molecular flexibility index (Phi) is 3.56. The lowest BCUT2D eigenvalue weighted by atomic mass is 9.95. The Morgan fingerprint density at radius 3 is 2.35 bits per heavy atom. The van der Waals surface area contributed by atoms with Crippen molar-refractivity contribution in [2.24, 2.45) is 0 Å². The van der Waals surface area contributed by atoms with Crippen LogP contribution >= 0.6 is 0 Å². The number of aryl methyl sites for hydroxylation is 1. The fraction of sp³-hybridized carbons (Fsp3) is 0.333. The first-order valence-corrected chi connectivity index (χ1v) is 4.96. The van der Waals surface area contributed by atoms with E-state index in [1.807, 2.05) is 0 Å². The van der Waals surface area contributed by atoms with Gasteiger partial charge in [0.2, 0.25) is 0 Å². The number of halogens is 3. The van der Waals surface area contributed by atoms with Crippen LogP contribution in [-0.2, 0) is 12.6 Å². The number of benzene rings is 1. The predicted octanol–water partition coefficient (Wildman–Crippen LogP) is 3.34. The summed E-state index contributed by atoms with van der Waals surface area (Å²) in [6, 6.07) is 3.69. The number of alkyl halides is 3. The Morgan fingerprint density at radius 2 is 2.00 bits per heavy atom. The number of rotatable bonds is 2. The first-order valence-electron chi connectivity index (χ1n) is 4.96. The van der Waals surface area contributed by atoms with E-state index in [9.17, 15) is 18.0 Å². The molecule has 0 aromatic heterocycles. The third kappa shape index (κ3) is 2.64. The third-order valence-corrected chi connectivity index (χ3v) is 2.41. The van der Waals surface area contributed by atoms with Crippen LogP contribution in [0.2, 0.25) is 0 Å². The van der Waals surface area contributed by atoms with Crippen LogP contribution in [0.4, 0.5) is 13.2 Å². The minimum absolute atomic E-state index is 0.0262. The van der Waals surface area contributed by atoms with Crippen LogP contribution in [0, 0.1) is 11.3 Å². The third-order valence-electron chi connectivity index (χ3n) is 2.41. The van der Waals surface area contributed by atoms with Crippen LogP contribution in [0.15, 0.2) is 12.1 Å². The molecule has 0 atom stereocenters. The van der Waals surface area contributed by atoms with Gasteiger partial charge in [-0.1, -0.05) is 6.92 Å². The molecule has 0 heterocycles. The first-order chi connectivity index (χ1) is 7.81. The number of hydrogen-bond acceptors (Lipinski definition) is 2. The van der Waals surface area contributed by atoms with E-state index in [0.29, 0.717) is 0 Å². The van der Waals surface area contributed by atoms with Gasteiger partial charge in [0.05, 0.1) is 17.2 Å². The van der Waals surface area contributed by atoms with E-state index in [1.54, 1.807) is 6.92 Å². The van der Waals surface area contributed by atoms with Crippen LogP contribution in [-0.4, -0.2) is 5.78 Å². The standard InChI is InChI=1S/C12H10F3NO/c1-3-8-4-9(7(2)17)5-10(6-16)11(8)12(13,14)15/h4-5H,3H2,1-2H3. The average molecular weight is 241 g/mol. The van der Waals surface area contributed by atoms with Gasteiger partial charge in [0.25, 0.3) is 0 Å². The van der Waals surface area contributed by atoms with E-state index < -0.39 is 17.3 Å². The highest BCUT2D eigenvalue weighted by Gasteiger charge is 2.36. The molecule has 0 aliphatic heterocycles. The van der Waals surface area contributed by atoms with Gasteiger partial charge >= 0.3 is 6.18 Å². The van der Waals surface area contributed by atoms with Gasteiger partial charge in [-0.2, -0.15) is 18.4 Å². The molecule has 0 N–H and O–H groups in total. The maximum absolute atomic E-state index is 12.8. The van der Waals surface area contributed by atoms with Crippen molar-refractivity contribution < 1.29 is 18.0 Å². The second kappa shape index (κ2) is 4.58. The molecule has 0 bridgehead atoms. The molecule has 0 saturated carbocycles. The summed E-state index contributed by atoms with van der Waals surface area (Å²) >= 11 is 0. The number of carbonyl (C=O) groups is 1. The van der Waals surface area contributed by atoms with Crippen molar-refractivity contribution in [2.75, 3.05) is 0 Å². The van der Waals surface area contributed by atoms with E-state index in [1.165, 1.54) is 19.1 Å². The molecule has 0 radical (unpaired) electrons. The summed E-state index contributed by atoms with van der Waals surface area (Å²) in [6.07, 6.45) is -4.46. The summed E-state index contributed by atoms with van der Waals surface area (Å²) < 4.78 is 38.3. The minimum Gasteiger partial charge on any atom is -0.295 e. The molecular formula is C12H10F3NO. The van der Waals surface area contributed by atoms with Gasteiger partial charge in [-0.25, -0.2) is 0 Å². The summed E-state index contributed by atoms with van der Waals surface area (Å²) in [4.78, 5) is 11.2. The molecule has 1 aromatic carbocycles. The van der Waals surface area contributed by atoms with Crippen molar-refractivity contribution in [2.45, 2.75) is 26.4 Å². The predicted molar refractivity (Wildman–Crippen MR) is 55.5 cm³/mol. The van der Waals surface area contributed by atoms with E-state index in [2.05, 4.69) is 0 Å². The number of carbonyl (C=O) groups excluding carboxylic acids is 1. The molecule has 0 unspecified atom stereocenters. The maximum atomic E-state index is 12.8. The van der Waals surface area contributed by atoms with Crippen molar-refractivity contribution in [3.8, 4) is 6.07 Å². The van der Waals surface area contributed by atoms with E-state index in [0.717, 1.165) is 6.07 Å². The monoisotopic (exact) mass is 241 g/mol. The zero-order valence-electron chi connectivity index (χ0n) is 9.35. The van der Waals surface area contributed by atoms with Gasteiger partial charge in [-0.15, -0.1) is 0 Å². The van der Waals surface area contributed by atoms with E-state index in [4.69, 9.17) is 5.26 Å². The molecule has 1 aromatic rings. The first kappa shape index (κ1) is 13.2. The number of Topliss-reactive ketones (excluding diaryl/α,β-unsaturated/α-hetero) is 1. The molecule has 0 aliphatic rings. The Hall–Kier alpha value is -1.83. The lowest BCUT2D eigenvalue weighted by Gasteiger charge is -2.14. The maximum Gasteiger partial charge on any atom is 0.417 e. The quantitative estimate of drug-likeness (QED) is 0.745. The Morgan fingerprint density at radius 1 is 1.41 bits per heavy atom. The zero-order chi connectivity index (χ0) is 13.2. The second-order valence-corrected chi connectivity index (χ2v) is 3.58. The minimum atomic E-state index is -4.58. The molecule has 2 nitrogen and oxygen atoms in total. The molecule has 0 spiro atoms. The number of ketones is 1. The molecule has 0 aliphatic carbocycles. The van der Waals surface area contributed by atoms with Gasteiger partial charge < -0.3 is 0 Å². The second-order valence-electron chi connectivity index (χ2n) is 3.58. The molecule has 0 amide bonds. The largest absolute Gasteiger partial charge is 0.417 e. The normalized spacial score (nSPS) is 11.1. The summed E-state index contributed by atoms with van der Waals surface area (Å²) in [6.45, 7) is 2.80. The Balaban J connectivity index is 3.61. The van der Waals surface area contributed by atoms with Crippen LogP contribution in [0.5, 0.6) is 0 Å². The van der Waals surface area contributed by atoms with Crippen LogP contribution in [0.3, 0.4) is 0 Å². The Bertz CT molecular complexity index is 498. The zero-order valence-corrected chi connectivity index (χ0v) is 9.35. The topological polar surface area (TPSA) is 40.9 Å². The average Bonchev–Trinajstić information content (AvgIpc) is 2.25. The Labute approximate surface area is 96.7 Å². The van der Waals surface area contributed by atoms with Gasteiger partial charge in [0.1, 0.15) is 0 Å². The van der Waals surface area contributed by atoms with Gasteiger partial charge in [0.15, 0.2) is 5.78 Å². The van der Waals surface area contributed by atoms with Crippen molar-refractivity contribution in [1.82, 2.24) is 0 Å². The highest BCUT2D eigenvalue weighted by Crippen LogP contribution is 2.35. The van der Waals surface area contributed by atoms with Crippen molar-refractivity contribution in [1.29, 1.82) is 5.26 Å². The molecule has 5 heteroatoms. The highest BCUT2D eigenvalue weighted by atomic mass is 19.4. The summed E-state index contributed by atoms with van der Waals surface area (Å²) in [5.41, 5.74) is -1.33. The number of nitrogens with zero attached hydrogens (tertiary/aromatic N) is 1. The van der Waals surface area contributed by atoms with Gasteiger partial charge in [-0.3, -0.25) is 4.79 Å². The molecule has 0 fully saturated rings. The van der Waals surface area contributed by atoms with E-state index >= 15 is 0 Å². The molecular weight excluding hydrogens is 231 g/mol. The lowest BCUT2D eigenvalue weighted by molar-refractivity contribution is -0.138. The van der Waals surface area contributed by atoms with Crippen LogP contribution < -0.4 is 0 Å². The molecule has 90 valence electrons. The molecule has 1 rings (SSSR count). The summed E-state index contributed by atoms with van der Waals surface area (Å²) in [5.74, 6) is -0.357. The van der Waals surface area contributed by atoms with Gasteiger partial charge in [-0.05, 0) is 31.0 Å². The SMILES string of the molecule is CCc1cc(C(C)=O)cc(C#N)c1C(F)(F)F. The van der Waals surface area contributed by atoms with Crippen LogP contribution in [0.1, 0.15) is 40.9 Å².